The fraction of sp³-hybridized carbons (Fsp3) is 0.474. The zero-order valence-corrected chi connectivity index (χ0v) is 17.2. The second kappa shape index (κ2) is 8.83. The summed E-state index contributed by atoms with van der Waals surface area (Å²) in [4.78, 5) is 13.4. The number of amides is 1. The van der Waals surface area contributed by atoms with E-state index in [-0.39, 0.29) is 5.91 Å². The summed E-state index contributed by atoms with van der Waals surface area (Å²) in [5.74, 6) is 2.00. The van der Waals surface area contributed by atoms with Crippen LogP contribution >= 0.6 is 23.6 Å². The average Bonchev–Trinajstić information content (AvgIpc) is 3.43. The molecule has 28 heavy (non-hydrogen) atoms. The molecule has 0 bridgehead atoms. The first kappa shape index (κ1) is 19.1. The molecule has 1 amide bonds. The van der Waals surface area contributed by atoms with E-state index in [1.165, 1.54) is 32.1 Å². The number of rotatable bonds is 7. The van der Waals surface area contributed by atoms with Crippen molar-refractivity contribution in [1.82, 2.24) is 25.0 Å². The Balaban J connectivity index is 1.32. The Kier molecular flexibility index (Phi) is 6.01. The lowest BCUT2D eigenvalue weighted by atomic mass is 9.86. The van der Waals surface area contributed by atoms with Gasteiger partial charge in [0.25, 0.3) is 0 Å². The SMILES string of the molecule is O=C(CCn1c(-c2cccs2)n[nH]c1=S)Nc1cc(CC2CCCCC2)[nH]n1. The third-order valence-electron chi connectivity index (χ3n) is 5.19. The van der Waals surface area contributed by atoms with E-state index in [1.54, 1.807) is 11.3 Å². The van der Waals surface area contributed by atoms with Gasteiger partial charge in [0.15, 0.2) is 16.4 Å². The molecule has 1 aliphatic rings. The molecule has 0 unspecified atom stereocenters. The van der Waals surface area contributed by atoms with Gasteiger partial charge in [0, 0.05) is 24.7 Å². The van der Waals surface area contributed by atoms with Gasteiger partial charge in [0.1, 0.15) is 0 Å². The molecule has 0 aromatic carbocycles. The molecule has 0 spiro atoms. The Hall–Kier alpha value is -2.26. The average molecular weight is 417 g/mol. The maximum absolute atomic E-state index is 12.4. The van der Waals surface area contributed by atoms with Crippen molar-refractivity contribution in [3.8, 4) is 10.7 Å². The summed E-state index contributed by atoms with van der Waals surface area (Å²) in [7, 11) is 0. The molecule has 0 aliphatic heterocycles. The number of hydrogen-bond donors (Lipinski definition) is 3. The summed E-state index contributed by atoms with van der Waals surface area (Å²) in [5.41, 5.74) is 1.10. The second-order valence-corrected chi connectivity index (χ2v) is 8.60. The number of carbonyl (C=O) groups excluding carboxylic acids is 1. The molecule has 3 aromatic rings. The number of H-pyrrole nitrogens is 2. The van der Waals surface area contributed by atoms with Gasteiger partial charge in [-0.3, -0.25) is 19.6 Å². The Morgan fingerprint density at radius 1 is 1.29 bits per heavy atom. The highest BCUT2D eigenvalue weighted by Gasteiger charge is 2.16. The zero-order chi connectivity index (χ0) is 19.3. The first-order chi connectivity index (χ1) is 13.7. The highest BCUT2D eigenvalue weighted by Crippen LogP contribution is 2.27. The largest absolute Gasteiger partial charge is 0.309 e. The molecule has 0 radical (unpaired) electrons. The molecule has 148 valence electrons. The summed E-state index contributed by atoms with van der Waals surface area (Å²) in [6.45, 7) is 0.466. The van der Waals surface area contributed by atoms with Crippen molar-refractivity contribution in [3.63, 3.8) is 0 Å². The van der Waals surface area contributed by atoms with Crippen molar-refractivity contribution >= 4 is 35.3 Å². The lowest BCUT2D eigenvalue weighted by Crippen LogP contribution is -2.15. The zero-order valence-electron chi connectivity index (χ0n) is 15.6. The van der Waals surface area contributed by atoms with Crippen LogP contribution in [0.15, 0.2) is 23.6 Å². The van der Waals surface area contributed by atoms with Crippen LogP contribution in [0, 0.1) is 10.7 Å². The highest BCUT2D eigenvalue weighted by atomic mass is 32.1. The van der Waals surface area contributed by atoms with Crippen LogP contribution in [0.3, 0.4) is 0 Å². The van der Waals surface area contributed by atoms with E-state index in [1.807, 2.05) is 28.1 Å². The number of aromatic nitrogens is 5. The number of hydrogen-bond acceptors (Lipinski definition) is 5. The molecule has 9 heteroatoms. The van der Waals surface area contributed by atoms with Crippen molar-refractivity contribution in [2.45, 2.75) is 51.5 Å². The van der Waals surface area contributed by atoms with Gasteiger partial charge < -0.3 is 5.32 Å². The maximum Gasteiger partial charge on any atom is 0.227 e. The fourth-order valence-electron chi connectivity index (χ4n) is 3.77. The van der Waals surface area contributed by atoms with Crippen molar-refractivity contribution in [1.29, 1.82) is 0 Å². The molecular formula is C19H24N6OS2. The van der Waals surface area contributed by atoms with Gasteiger partial charge in [-0.05, 0) is 36.0 Å². The van der Waals surface area contributed by atoms with E-state index >= 15 is 0 Å². The Labute approximate surface area is 172 Å². The molecule has 3 heterocycles. The topological polar surface area (TPSA) is 91.4 Å². The monoisotopic (exact) mass is 416 g/mol. The van der Waals surface area contributed by atoms with Crippen molar-refractivity contribution in [3.05, 3.63) is 34.0 Å². The lowest BCUT2D eigenvalue weighted by Gasteiger charge is -2.20. The maximum atomic E-state index is 12.4. The van der Waals surface area contributed by atoms with E-state index in [4.69, 9.17) is 12.2 Å². The van der Waals surface area contributed by atoms with Crippen LogP contribution in [-0.2, 0) is 17.8 Å². The van der Waals surface area contributed by atoms with Gasteiger partial charge in [-0.2, -0.15) is 10.2 Å². The van der Waals surface area contributed by atoms with Gasteiger partial charge in [-0.15, -0.1) is 11.3 Å². The summed E-state index contributed by atoms with van der Waals surface area (Å²) >= 11 is 6.90. The van der Waals surface area contributed by atoms with E-state index in [0.29, 0.717) is 23.6 Å². The van der Waals surface area contributed by atoms with Crippen LogP contribution in [0.25, 0.3) is 10.7 Å². The highest BCUT2D eigenvalue weighted by molar-refractivity contribution is 7.71. The molecule has 0 atom stereocenters. The van der Waals surface area contributed by atoms with Crippen LogP contribution < -0.4 is 5.32 Å². The molecular weight excluding hydrogens is 392 g/mol. The predicted octanol–water partition coefficient (Wildman–Crippen LogP) is 4.54. The van der Waals surface area contributed by atoms with Gasteiger partial charge >= 0.3 is 0 Å². The fourth-order valence-corrected chi connectivity index (χ4v) is 4.72. The van der Waals surface area contributed by atoms with E-state index in [9.17, 15) is 4.79 Å². The lowest BCUT2D eigenvalue weighted by molar-refractivity contribution is -0.116. The smallest absolute Gasteiger partial charge is 0.227 e. The summed E-state index contributed by atoms with van der Waals surface area (Å²) in [6, 6.07) is 5.91. The summed E-state index contributed by atoms with van der Waals surface area (Å²) in [5, 5.41) is 19.3. The van der Waals surface area contributed by atoms with Crippen molar-refractivity contribution in [2.24, 2.45) is 5.92 Å². The summed E-state index contributed by atoms with van der Waals surface area (Å²) in [6.07, 6.45) is 7.90. The normalized spacial score (nSPS) is 15.0. The molecule has 1 aliphatic carbocycles. The molecule has 3 aromatic heterocycles. The first-order valence-electron chi connectivity index (χ1n) is 9.72. The van der Waals surface area contributed by atoms with E-state index in [2.05, 4.69) is 25.7 Å². The van der Waals surface area contributed by atoms with Crippen LogP contribution in [0.1, 0.15) is 44.2 Å². The third kappa shape index (κ3) is 4.59. The third-order valence-corrected chi connectivity index (χ3v) is 6.37. The first-order valence-corrected chi connectivity index (χ1v) is 11.0. The van der Waals surface area contributed by atoms with E-state index < -0.39 is 0 Å². The van der Waals surface area contributed by atoms with Crippen LogP contribution in [0.4, 0.5) is 5.82 Å². The van der Waals surface area contributed by atoms with E-state index in [0.717, 1.165) is 28.7 Å². The van der Waals surface area contributed by atoms with Gasteiger partial charge in [0.2, 0.25) is 5.91 Å². The number of thiophene rings is 1. The number of nitrogens with one attached hydrogen (secondary N) is 3. The molecule has 1 saturated carbocycles. The van der Waals surface area contributed by atoms with Crippen LogP contribution in [0.2, 0.25) is 0 Å². The quantitative estimate of drug-likeness (QED) is 0.493. The number of aromatic amines is 2. The van der Waals surface area contributed by atoms with Gasteiger partial charge in [-0.25, -0.2) is 0 Å². The standard InChI is InChI=1S/C19H24N6OS2/c26-17(8-9-25-18(23-24-19(25)27)15-7-4-10-28-15)20-16-12-14(21-22-16)11-13-5-2-1-3-6-13/h4,7,10,12-13H,1-3,5-6,8-9,11H2,(H,24,27)(H2,20,21,22,26). The Morgan fingerprint density at radius 3 is 2.93 bits per heavy atom. The number of anilines is 1. The van der Waals surface area contributed by atoms with Crippen molar-refractivity contribution in [2.75, 3.05) is 5.32 Å². The van der Waals surface area contributed by atoms with Gasteiger partial charge in [-0.1, -0.05) is 38.2 Å². The molecule has 7 nitrogen and oxygen atoms in total. The minimum absolute atomic E-state index is 0.0871. The van der Waals surface area contributed by atoms with Crippen LogP contribution in [-0.4, -0.2) is 30.9 Å². The van der Waals surface area contributed by atoms with Gasteiger partial charge in [0.05, 0.1) is 4.88 Å². The Bertz CT molecular complexity index is 965. The molecule has 3 N–H and O–H groups in total. The minimum atomic E-state index is -0.0871. The molecule has 1 fully saturated rings. The minimum Gasteiger partial charge on any atom is -0.309 e. The summed E-state index contributed by atoms with van der Waals surface area (Å²) < 4.78 is 2.38. The van der Waals surface area contributed by atoms with Crippen LogP contribution in [0.5, 0.6) is 0 Å². The Morgan fingerprint density at radius 2 is 2.14 bits per heavy atom. The second-order valence-electron chi connectivity index (χ2n) is 7.27. The molecule has 0 saturated heterocycles. The van der Waals surface area contributed by atoms with Crippen molar-refractivity contribution < 1.29 is 4.79 Å². The number of carbonyl (C=O) groups is 1. The molecule has 4 rings (SSSR count). The number of nitrogens with zero attached hydrogens (tertiary/aromatic N) is 3. The predicted molar refractivity (Wildman–Crippen MR) is 113 cm³/mol.